The van der Waals surface area contributed by atoms with E-state index in [0.717, 1.165) is 11.3 Å². The van der Waals surface area contributed by atoms with Crippen LogP contribution >= 0.6 is 23.1 Å². The SMILES string of the molecule is COC(=O)c1ccc(C(=O)OC)c(NC(=O)CSc2nnc(Nc3ccccc3C)s2)c1. The third-order valence-corrected chi connectivity index (χ3v) is 6.21. The molecule has 3 aromatic rings. The minimum absolute atomic E-state index is 0.0298. The van der Waals surface area contributed by atoms with Gasteiger partial charge >= 0.3 is 11.9 Å². The Morgan fingerprint density at radius 3 is 2.47 bits per heavy atom. The number of rotatable bonds is 8. The van der Waals surface area contributed by atoms with Crippen LogP contribution in [0, 0.1) is 6.92 Å². The quantitative estimate of drug-likeness (QED) is 0.371. The van der Waals surface area contributed by atoms with E-state index in [1.165, 1.54) is 55.5 Å². The van der Waals surface area contributed by atoms with Gasteiger partial charge in [0.2, 0.25) is 11.0 Å². The van der Waals surface area contributed by atoms with Gasteiger partial charge in [-0.25, -0.2) is 9.59 Å². The van der Waals surface area contributed by atoms with Crippen molar-refractivity contribution in [2.24, 2.45) is 0 Å². The highest BCUT2D eigenvalue weighted by molar-refractivity contribution is 8.01. The molecule has 166 valence electrons. The van der Waals surface area contributed by atoms with E-state index >= 15 is 0 Å². The van der Waals surface area contributed by atoms with Crippen molar-refractivity contribution >= 4 is 57.5 Å². The summed E-state index contributed by atoms with van der Waals surface area (Å²) in [6.07, 6.45) is 0. The molecular weight excluding hydrogens is 452 g/mol. The number of methoxy groups -OCH3 is 2. The van der Waals surface area contributed by atoms with Crippen LogP contribution in [0.5, 0.6) is 0 Å². The number of anilines is 3. The lowest BCUT2D eigenvalue weighted by Crippen LogP contribution is -2.18. The van der Waals surface area contributed by atoms with Crippen molar-refractivity contribution in [3.05, 3.63) is 59.2 Å². The number of amides is 1. The van der Waals surface area contributed by atoms with Crippen LogP contribution in [0.4, 0.5) is 16.5 Å². The lowest BCUT2D eigenvalue weighted by atomic mass is 10.1. The molecule has 0 spiro atoms. The summed E-state index contributed by atoms with van der Waals surface area (Å²) in [5, 5.41) is 14.6. The Balaban J connectivity index is 1.65. The van der Waals surface area contributed by atoms with Gasteiger partial charge in [0.1, 0.15) is 0 Å². The van der Waals surface area contributed by atoms with Crippen LogP contribution in [-0.2, 0) is 14.3 Å². The van der Waals surface area contributed by atoms with Crippen molar-refractivity contribution in [3.63, 3.8) is 0 Å². The van der Waals surface area contributed by atoms with E-state index in [2.05, 4.69) is 25.6 Å². The van der Waals surface area contributed by atoms with Gasteiger partial charge < -0.3 is 20.1 Å². The molecule has 1 aromatic heterocycles. The average molecular weight is 473 g/mol. The summed E-state index contributed by atoms with van der Waals surface area (Å²) >= 11 is 2.52. The number of para-hydroxylation sites is 1. The van der Waals surface area contributed by atoms with E-state index in [1.807, 2.05) is 31.2 Å². The Hall–Kier alpha value is -3.44. The highest BCUT2D eigenvalue weighted by atomic mass is 32.2. The number of carbonyl (C=O) groups excluding carboxylic acids is 3. The van der Waals surface area contributed by atoms with Gasteiger partial charge in [-0.2, -0.15) is 0 Å². The molecule has 0 fully saturated rings. The number of nitrogens with one attached hydrogen (secondary N) is 2. The van der Waals surface area contributed by atoms with Crippen LogP contribution in [0.25, 0.3) is 0 Å². The van der Waals surface area contributed by atoms with Crippen LogP contribution in [0.2, 0.25) is 0 Å². The normalized spacial score (nSPS) is 10.3. The van der Waals surface area contributed by atoms with Gasteiger partial charge in [0.25, 0.3) is 0 Å². The second kappa shape index (κ2) is 10.7. The molecule has 11 heteroatoms. The van der Waals surface area contributed by atoms with Gasteiger partial charge in [-0.1, -0.05) is 41.3 Å². The van der Waals surface area contributed by atoms with Crippen molar-refractivity contribution in [3.8, 4) is 0 Å². The second-order valence-electron chi connectivity index (χ2n) is 6.39. The third-order valence-electron chi connectivity index (χ3n) is 4.24. The highest BCUT2D eigenvalue weighted by Crippen LogP contribution is 2.29. The van der Waals surface area contributed by atoms with Gasteiger partial charge in [-0.05, 0) is 36.8 Å². The summed E-state index contributed by atoms with van der Waals surface area (Å²) in [4.78, 5) is 36.3. The molecule has 0 bridgehead atoms. The van der Waals surface area contributed by atoms with Crippen LogP contribution in [0.15, 0.2) is 46.8 Å². The summed E-state index contributed by atoms with van der Waals surface area (Å²) in [6, 6.07) is 12.0. The molecule has 0 atom stereocenters. The molecule has 0 aliphatic carbocycles. The number of benzene rings is 2. The van der Waals surface area contributed by atoms with Gasteiger partial charge in [0.15, 0.2) is 4.34 Å². The molecule has 3 rings (SSSR count). The molecule has 1 heterocycles. The number of aryl methyl sites for hydroxylation is 1. The van der Waals surface area contributed by atoms with Crippen molar-refractivity contribution < 1.29 is 23.9 Å². The van der Waals surface area contributed by atoms with E-state index < -0.39 is 11.9 Å². The summed E-state index contributed by atoms with van der Waals surface area (Å²) < 4.78 is 10.0. The van der Waals surface area contributed by atoms with Crippen molar-refractivity contribution in [2.75, 3.05) is 30.6 Å². The van der Waals surface area contributed by atoms with Gasteiger partial charge in [0.05, 0.1) is 36.8 Å². The fourth-order valence-corrected chi connectivity index (χ4v) is 4.21. The molecule has 0 radical (unpaired) electrons. The number of ether oxygens (including phenoxy) is 2. The van der Waals surface area contributed by atoms with Crippen LogP contribution in [-0.4, -0.2) is 48.0 Å². The summed E-state index contributed by atoms with van der Waals surface area (Å²) in [6.45, 7) is 1.99. The minimum Gasteiger partial charge on any atom is -0.465 e. The number of nitrogens with zero attached hydrogens (tertiary/aromatic N) is 2. The largest absolute Gasteiger partial charge is 0.465 e. The minimum atomic E-state index is -0.639. The lowest BCUT2D eigenvalue weighted by molar-refractivity contribution is -0.113. The first-order chi connectivity index (χ1) is 15.4. The molecule has 32 heavy (non-hydrogen) atoms. The zero-order chi connectivity index (χ0) is 23.1. The molecule has 1 amide bonds. The standard InChI is InChI=1S/C21H20N4O5S2/c1-12-6-4-5-7-15(12)23-20-24-25-21(32-20)31-11-17(26)22-16-10-13(18(27)29-2)8-9-14(16)19(28)30-3/h4-10H,11H2,1-3H3,(H,22,26)(H,23,24). The maximum atomic E-state index is 12.5. The maximum Gasteiger partial charge on any atom is 0.339 e. The Morgan fingerprint density at radius 1 is 1.00 bits per heavy atom. The first-order valence-corrected chi connectivity index (χ1v) is 11.1. The molecule has 0 aliphatic rings. The van der Waals surface area contributed by atoms with Crippen molar-refractivity contribution in [2.45, 2.75) is 11.3 Å². The molecule has 0 aliphatic heterocycles. The van der Waals surface area contributed by atoms with Gasteiger partial charge in [-0.3, -0.25) is 4.79 Å². The molecule has 2 N–H and O–H groups in total. The Morgan fingerprint density at radius 2 is 1.75 bits per heavy atom. The average Bonchev–Trinajstić information content (AvgIpc) is 3.25. The molecule has 2 aromatic carbocycles. The number of thioether (sulfide) groups is 1. The monoisotopic (exact) mass is 472 g/mol. The van der Waals surface area contributed by atoms with E-state index in [9.17, 15) is 14.4 Å². The predicted octanol–water partition coefficient (Wildman–Crippen LogP) is 3.89. The van der Waals surface area contributed by atoms with E-state index in [-0.39, 0.29) is 28.5 Å². The van der Waals surface area contributed by atoms with Crippen molar-refractivity contribution in [1.29, 1.82) is 0 Å². The fraction of sp³-hybridized carbons (Fsp3) is 0.190. The number of aromatic nitrogens is 2. The molecule has 0 saturated carbocycles. The Labute approximate surface area is 192 Å². The van der Waals surface area contributed by atoms with Gasteiger partial charge in [0, 0.05) is 5.69 Å². The van der Waals surface area contributed by atoms with E-state index in [4.69, 9.17) is 4.74 Å². The topological polar surface area (TPSA) is 120 Å². The summed E-state index contributed by atoms with van der Waals surface area (Å²) in [7, 11) is 2.48. The predicted molar refractivity (Wildman–Crippen MR) is 123 cm³/mol. The van der Waals surface area contributed by atoms with E-state index in [1.54, 1.807) is 0 Å². The number of carbonyl (C=O) groups is 3. The number of esters is 2. The zero-order valence-electron chi connectivity index (χ0n) is 17.5. The molecule has 0 unspecified atom stereocenters. The lowest BCUT2D eigenvalue weighted by Gasteiger charge is -2.11. The number of hydrogen-bond acceptors (Lipinski definition) is 10. The van der Waals surface area contributed by atoms with Crippen molar-refractivity contribution in [1.82, 2.24) is 10.2 Å². The van der Waals surface area contributed by atoms with E-state index in [0.29, 0.717) is 9.47 Å². The zero-order valence-corrected chi connectivity index (χ0v) is 19.1. The summed E-state index contributed by atoms with van der Waals surface area (Å²) in [5.41, 5.74) is 2.48. The Kier molecular flexibility index (Phi) is 7.79. The smallest absolute Gasteiger partial charge is 0.339 e. The third kappa shape index (κ3) is 5.83. The van der Waals surface area contributed by atoms with Crippen LogP contribution in [0.1, 0.15) is 26.3 Å². The van der Waals surface area contributed by atoms with Gasteiger partial charge in [-0.15, -0.1) is 10.2 Å². The highest BCUT2D eigenvalue weighted by Gasteiger charge is 2.18. The second-order valence-corrected chi connectivity index (χ2v) is 8.59. The fourth-order valence-electron chi connectivity index (χ4n) is 2.64. The van der Waals surface area contributed by atoms with Crippen LogP contribution < -0.4 is 10.6 Å². The molecular formula is C21H20N4O5S2. The first-order valence-electron chi connectivity index (χ1n) is 9.30. The van der Waals surface area contributed by atoms with Crippen LogP contribution in [0.3, 0.4) is 0 Å². The maximum absolute atomic E-state index is 12.5. The number of hydrogen-bond donors (Lipinski definition) is 2. The molecule has 0 saturated heterocycles. The Bertz CT molecular complexity index is 1150. The molecule has 9 nitrogen and oxygen atoms in total. The first kappa shape index (κ1) is 23.2. The summed E-state index contributed by atoms with van der Waals surface area (Å²) in [5.74, 6) is -1.58.